The summed E-state index contributed by atoms with van der Waals surface area (Å²) >= 11 is 0. The zero-order chi connectivity index (χ0) is 10.3. The van der Waals surface area contributed by atoms with E-state index in [2.05, 4.69) is 15.4 Å². The lowest BCUT2D eigenvalue weighted by Gasteiger charge is -1.97. The van der Waals surface area contributed by atoms with E-state index in [0.29, 0.717) is 11.4 Å². The van der Waals surface area contributed by atoms with Gasteiger partial charge in [0.25, 0.3) is 0 Å². The predicted molar refractivity (Wildman–Crippen MR) is 53.3 cm³/mol. The Morgan fingerprint density at radius 2 is 2.00 bits per heavy atom. The summed E-state index contributed by atoms with van der Waals surface area (Å²) in [4.78, 5) is 1.50. The Morgan fingerprint density at radius 1 is 1.20 bits per heavy atom. The van der Waals surface area contributed by atoms with Crippen LogP contribution in [-0.4, -0.2) is 20.2 Å². The van der Waals surface area contributed by atoms with Gasteiger partial charge >= 0.3 is 0 Å². The first-order chi connectivity index (χ1) is 7.34. The molecule has 1 aromatic carbocycles. The smallest absolute Gasteiger partial charge is 0.230 e. The maximum Gasteiger partial charge on any atom is 0.230 e. The summed E-state index contributed by atoms with van der Waals surface area (Å²) in [6, 6.07) is 5.50. The lowest BCUT2D eigenvalue weighted by atomic mass is 10.2. The van der Waals surface area contributed by atoms with Crippen molar-refractivity contribution in [2.24, 2.45) is 0 Å². The maximum absolute atomic E-state index is 5.58. The summed E-state index contributed by atoms with van der Waals surface area (Å²) in [6.45, 7) is 0. The first kappa shape index (κ1) is 7.98. The van der Waals surface area contributed by atoms with E-state index >= 15 is 0 Å². The molecule has 2 N–H and O–H groups in total. The molecule has 0 aliphatic rings. The molecule has 0 radical (unpaired) electrons. The Morgan fingerprint density at radius 3 is 2.80 bits per heavy atom. The van der Waals surface area contributed by atoms with E-state index < -0.39 is 0 Å². The van der Waals surface area contributed by atoms with Crippen molar-refractivity contribution >= 4 is 16.8 Å². The first-order valence-electron chi connectivity index (χ1n) is 4.36. The molecule has 0 bridgehead atoms. The molecule has 2 aromatic heterocycles. The van der Waals surface area contributed by atoms with Crippen LogP contribution in [0.15, 0.2) is 35.1 Å². The van der Waals surface area contributed by atoms with Crippen molar-refractivity contribution in [2.75, 3.05) is 5.73 Å². The van der Waals surface area contributed by atoms with Crippen LogP contribution in [0.5, 0.6) is 0 Å². The molecule has 3 aromatic rings. The molecular weight excluding hydrogens is 194 g/mol. The summed E-state index contributed by atoms with van der Waals surface area (Å²) in [5.41, 5.74) is 7.09. The van der Waals surface area contributed by atoms with Gasteiger partial charge in [-0.3, -0.25) is 0 Å². The number of fused-ring (bicyclic) bond motifs is 1. The number of anilines is 1. The van der Waals surface area contributed by atoms with Crippen molar-refractivity contribution in [3.05, 3.63) is 30.6 Å². The van der Waals surface area contributed by atoms with Crippen molar-refractivity contribution in [3.63, 3.8) is 0 Å². The second kappa shape index (κ2) is 2.81. The molecule has 6 nitrogen and oxygen atoms in total. The van der Waals surface area contributed by atoms with Crippen molar-refractivity contribution in [1.29, 1.82) is 0 Å². The molecule has 0 spiro atoms. The van der Waals surface area contributed by atoms with Crippen LogP contribution in [0.4, 0.5) is 5.88 Å². The molecule has 0 fully saturated rings. The highest BCUT2D eigenvalue weighted by molar-refractivity contribution is 5.88. The predicted octanol–water partition coefficient (Wildman–Crippen LogP) is 0.991. The molecule has 0 atom stereocenters. The van der Waals surface area contributed by atoms with E-state index in [1.165, 1.54) is 4.80 Å². The summed E-state index contributed by atoms with van der Waals surface area (Å²) in [7, 11) is 0. The molecule has 0 unspecified atom stereocenters. The minimum Gasteiger partial charge on any atom is -0.367 e. The average Bonchev–Trinajstić information content (AvgIpc) is 2.88. The van der Waals surface area contributed by atoms with E-state index in [0.717, 1.165) is 11.1 Å². The monoisotopic (exact) mass is 201 g/mol. The molecule has 0 saturated carbocycles. The van der Waals surface area contributed by atoms with Gasteiger partial charge in [-0.05, 0) is 18.2 Å². The van der Waals surface area contributed by atoms with Crippen LogP contribution < -0.4 is 5.73 Å². The van der Waals surface area contributed by atoms with E-state index in [1.807, 2.05) is 18.2 Å². The normalized spacial score (nSPS) is 10.9. The molecule has 0 amide bonds. The van der Waals surface area contributed by atoms with Gasteiger partial charge in [-0.15, -0.1) is 0 Å². The van der Waals surface area contributed by atoms with E-state index in [-0.39, 0.29) is 0 Å². The van der Waals surface area contributed by atoms with Gasteiger partial charge in [0.2, 0.25) is 5.88 Å². The molecule has 15 heavy (non-hydrogen) atoms. The van der Waals surface area contributed by atoms with Crippen LogP contribution in [-0.2, 0) is 0 Å². The third-order valence-electron chi connectivity index (χ3n) is 2.14. The minimum absolute atomic E-state index is 0.324. The largest absolute Gasteiger partial charge is 0.367 e. The molecule has 3 rings (SSSR count). The Bertz CT molecular complexity index is 598. The number of hydrogen-bond acceptors (Lipinski definition) is 5. The molecule has 6 heteroatoms. The fourth-order valence-electron chi connectivity index (χ4n) is 1.42. The Balaban J connectivity index is 2.23. The maximum atomic E-state index is 5.58. The second-order valence-electron chi connectivity index (χ2n) is 3.07. The van der Waals surface area contributed by atoms with Gasteiger partial charge in [-0.2, -0.15) is 15.0 Å². The standard InChI is InChI=1S/C9H7N5O/c10-9-7-2-1-6(5-8(7)13-15-9)14-11-3-4-12-14/h1-5H,10H2. The van der Waals surface area contributed by atoms with Gasteiger partial charge in [-0.1, -0.05) is 5.16 Å². The number of nitrogen functional groups attached to an aromatic ring is 1. The van der Waals surface area contributed by atoms with Gasteiger partial charge in [-0.25, -0.2) is 0 Å². The van der Waals surface area contributed by atoms with Crippen molar-refractivity contribution in [3.8, 4) is 5.69 Å². The third-order valence-corrected chi connectivity index (χ3v) is 2.14. The van der Waals surface area contributed by atoms with Gasteiger partial charge in [0.05, 0.1) is 23.5 Å². The Hall–Kier alpha value is -2.37. The fourth-order valence-corrected chi connectivity index (χ4v) is 1.42. The van der Waals surface area contributed by atoms with Crippen molar-refractivity contribution in [1.82, 2.24) is 20.2 Å². The van der Waals surface area contributed by atoms with Crippen LogP contribution in [0.2, 0.25) is 0 Å². The van der Waals surface area contributed by atoms with Crippen LogP contribution in [0.25, 0.3) is 16.6 Å². The summed E-state index contributed by atoms with van der Waals surface area (Å²) < 4.78 is 4.86. The third kappa shape index (κ3) is 1.15. The zero-order valence-electron chi connectivity index (χ0n) is 7.66. The molecule has 0 aliphatic heterocycles. The highest BCUT2D eigenvalue weighted by Crippen LogP contribution is 2.21. The van der Waals surface area contributed by atoms with Gasteiger partial charge in [0.1, 0.15) is 5.52 Å². The summed E-state index contributed by atoms with van der Waals surface area (Å²) in [5, 5.41) is 12.6. The van der Waals surface area contributed by atoms with Crippen LogP contribution in [0.1, 0.15) is 0 Å². The molecule has 74 valence electrons. The molecule has 2 heterocycles. The van der Waals surface area contributed by atoms with Crippen LogP contribution >= 0.6 is 0 Å². The van der Waals surface area contributed by atoms with E-state index in [9.17, 15) is 0 Å². The highest BCUT2D eigenvalue weighted by Gasteiger charge is 2.06. The number of aromatic nitrogens is 4. The van der Waals surface area contributed by atoms with Gasteiger partial charge in [0, 0.05) is 0 Å². The zero-order valence-corrected chi connectivity index (χ0v) is 7.66. The fraction of sp³-hybridized carbons (Fsp3) is 0. The minimum atomic E-state index is 0.324. The lowest BCUT2D eigenvalue weighted by molar-refractivity contribution is 0.445. The summed E-state index contributed by atoms with van der Waals surface area (Å²) in [5.74, 6) is 0.324. The average molecular weight is 201 g/mol. The molecule has 0 saturated heterocycles. The number of nitrogens with two attached hydrogens (primary N) is 1. The number of nitrogens with zero attached hydrogens (tertiary/aromatic N) is 4. The van der Waals surface area contributed by atoms with E-state index in [1.54, 1.807) is 12.4 Å². The number of hydrogen-bond donors (Lipinski definition) is 1. The van der Waals surface area contributed by atoms with E-state index in [4.69, 9.17) is 10.3 Å². The summed E-state index contributed by atoms with van der Waals surface area (Å²) in [6.07, 6.45) is 3.22. The molecule has 0 aliphatic carbocycles. The topological polar surface area (TPSA) is 82.8 Å². The number of rotatable bonds is 1. The number of benzene rings is 1. The SMILES string of the molecule is Nc1onc2cc(-n3nccn3)ccc12. The Labute approximate surface area is 84.3 Å². The lowest BCUT2D eigenvalue weighted by Crippen LogP contribution is -1.97. The van der Waals surface area contributed by atoms with Crippen LogP contribution in [0, 0.1) is 0 Å². The van der Waals surface area contributed by atoms with Gasteiger partial charge in [0.15, 0.2) is 0 Å². The Kier molecular flexibility index (Phi) is 1.49. The van der Waals surface area contributed by atoms with Gasteiger partial charge < -0.3 is 10.3 Å². The second-order valence-corrected chi connectivity index (χ2v) is 3.07. The van der Waals surface area contributed by atoms with Crippen molar-refractivity contribution < 1.29 is 4.52 Å². The molecular formula is C9H7N5O. The first-order valence-corrected chi connectivity index (χ1v) is 4.36. The highest BCUT2D eigenvalue weighted by atomic mass is 16.5. The van der Waals surface area contributed by atoms with Crippen LogP contribution in [0.3, 0.4) is 0 Å². The quantitative estimate of drug-likeness (QED) is 0.634. The van der Waals surface area contributed by atoms with Crippen molar-refractivity contribution in [2.45, 2.75) is 0 Å².